The Balaban J connectivity index is 2.54. The van der Waals surface area contributed by atoms with E-state index in [0.29, 0.717) is 4.68 Å². The number of hydrogen-bond donors (Lipinski definition) is 0. The summed E-state index contributed by atoms with van der Waals surface area (Å²) >= 11 is 0. The van der Waals surface area contributed by atoms with Crippen molar-refractivity contribution in [2.75, 3.05) is 6.61 Å². The highest BCUT2D eigenvalue weighted by atomic mass is 19.4. The first-order chi connectivity index (χ1) is 9.45. The summed E-state index contributed by atoms with van der Waals surface area (Å²) in [6, 6.07) is 6.71. The number of halogens is 3. The van der Waals surface area contributed by atoms with Gasteiger partial charge in [0, 0.05) is 0 Å². The Morgan fingerprint density at radius 3 is 2.65 bits per heavy atom. The van der Waals surface area contributed by atoms with Crippen molar-refractivity contribution in [1.82, 2.24) is 9.78 Å². The van der Waals surface area contributed by atoms with Crippen molar-refractivity contribution in [1.29, 1.82) is 0 Å². The summed E-state index contributed by atoms with van der Waals surface area (Å²) < 4.78 is 44.1. The number of ether oxygens (including phenoxy) is 1. The Bertz CT molecular complexity index is 620. The molecule has 0 radical (unpaired) electrons. The quantitative estimate of drug-likeness (QED) is 0.814. The normalized spacial score (nSPS) is 11.4. The van der Waals surface area contributed by atoms with Gasteiger partial charge < -0.3 is 4.74 Å². The molecule has 20 heavy (non-hydrogen) atoms. The standard InChI is InChI=1S/C13H11F3N2O2/c1-2-20-12(19)9-5-3-4-6-10(9)18-11(7-8-17-18)13(14,15)16/h3-8H,2H2,1H3. The first-order valence-corrected chi connectivity index (χ1v) is 5.83. The van der Waals surface area contributed by atoms with Gasteiger partial charge in [0.1, 0.15) is 5.69 Å². The van der Waals surface area contributed by atoms with Crippen LogP contribution in [-0.4, -0.2) is 22.4 Å². The third-order valence-corrected chi connectivity index (χ3v) is 2.56. The number of nitrogens with zero attached hydrogens (tertiary/aromatic N) is 2. The fraction of sp³-hybridized carbons (Fsp3) is 0.231. The average molecular weight is 284 g/mol. The summed E-state index contributed by atoms with van der Waals surface area (Å²) in [6.45, 7) is 1.76. The lowest BCUT2D eigenvalue weighted by Crippen LogP contribution is -2.16. The monoisotopic (exact) mass is 284 g/mol. The Kier molecular flexibility index (Phi) is 3.78. The number of rotatable bonds is 3. The van der Waals surface area contributed by atoms with Crippen LogP contribution in [0.4, 0.5) is 13.2 Å². The molecule has 7 heteroatoms. The Morgan fingerprint density at radius 2 is 2.00 bits per heavy atom. The highest BCUT2D eigenvalue weighted by Crippen LogP contribution is 2.31. The Morgan fingerprint density at radius 1 is 1.30 bits per heavy atom. The van der Waals surface area contributed by atoms with E-state index in [0.717, 1.165) is 12.3 Å². The van der Waals surface area contributed by atoms with Crippen LogP contribution in [0, 0.1) is 0 Å². The summed E-state index contributed by atoms with van der Waals surface area (Å²) in [4.78, 5) is 11.8. The lowest BCUT2D eigenvalue weighted by Gasteiger charge is -2.13. The summed E-state index contributed by atoms with van der Waals surface area (Å²) in [5.41, 5.74) is -0.888. The minimum atomic E-state index is -4.56. The highest BCUT2D eigenvalue weighted by Gasteiger charge is 2.35. The van der Waals surface area contributed by atoms with Crippen LogP contribution < -0.4 is 0 Å². The van der Waals surface area contributed by atoms with Gasteiger partial charge in [-0.1, -0.05) is 12.1 Å². The van der Waals surface area contributed by atoms with Crippen LogP contribution >= 0.6 is 0 Å². The minimum Gasteiger partial charge on any atom is -0.462 e. The van der Waals surface area contributed by atoms with Gasteiger partial charge in [0.25, 0.3) is 0 Å². The van der Waals surface area contributed by atoms with E-state index in [1.54, 1.807) is 13.0 Å². The molecule has 0 fully saturated rings. The maximum Gasteiger partial charge on any atom is 0.433 e. The number of para-hydroxylation sites is 1. The number of hydrogen-bond acceptors (Lipinski definition) is 3. The van der Waals surface area contributed by atoms with Crippen molar-refractivity contribution in [3.63, 3.8) is 0 Å². The number of aromatic nitrogens is 2. The smallest absolute Gasteiger partial charge is 0.433 e. The molecule has 0 saturated carbocycles. The van der Waals surface area contributed by atoms with Crippen molar-refractivity contribution in [3.8, 4) is 5.69 Å². The molecule has 0 amide bonds. The molecule has 0 bridgehead atoms. The van der Waals surface area contributed by atoms with Gasteiger partial charge in [-0.15, -0.1) is 0 Å². The fourth-order valence-electron chi connectivity index (χ4n) is 1.75. The Hall–Kier alpha value is -2.31. The van der Waals surface area contributed by atoms with Gasteiger partial charge in [-0.05, 0) is 25.1 Å². The summed E-state index contributed by atoms with van der Waals surface area (Å²) in [5, 5.41) is 3.64. The van der Waals surface area contributed by atoms with Gasteiger partial charge >= 0.3 is 12.1 Å². The van der Waals surface area contributed by atoms with E-state index < -0.39 is 17.8 Å². The molecule has 0 spiro atoms. The number of esters is 1. The van der Waals surface area contributed by atoms with Crippen molar-refractivity contribution < 1.29 is 22.7 Å². The second kappa shape index (κ2) is 5.36. The van der Waals surface area contributed by atoms with E-state index >= 15 is 0 Å². The zero-order valence-electron chi connectivity index (χ0n) is 10.5. The van der Waals surface area contributed by atoms with E-state index in [-0.39, 0.29) is 17.9 Å². The van der Waals surface area contributed by atoms with Gasteiger partial charge in [-0.2, -0.15) is 18.3 Å². The summed E-state index contributed by atoms with van der Waals surface area (Å²) in [7, 11) is 0. The number of benzene rings is 1. The summed E-state index contributed by atoms with van der Waals surface area (Å²) in [6.07, 6.45) is -3.52. The van der Waals surface area contributed by atoms with Crippen molar-refractivity contribution >= 4 is 5.97 Å². The minimum absolute atomic E-state index is 0.0308. The lowest BCUT2D eigenvalue weighted by atomic mass is 10.1. The molecule has 0 aliphatic carbocycles. The van der Waals surface area contributed by atoms with Crippen molar-refractivity contribution in [3.05, 3.63) is 47.8 Å². The van der Waals surface area contributed by atoms with Crippen LogP contribution in [0.15, 0.2) is 36.5 Å². The molecule has 2 aromatic rings. The van der Waals surface area contributed by atoms with Crippen molar-refractivity contribution in [2.24, 2.45) is 0 Å². The molecular weight excluding hydrogens is 273 g/mol. The second-order valence-corrected chi connectivity index (χ2v) is 3.86. The third-order valence-electron chi connectivity index (χ3n) is 2.56. The molecule has 0 atom stereocenters. The van der Waals surface area contributed by atoms with Crippen LogP contribution in [0.5, 0.6) is 0 Å². The highest BCUT2D eigenvalue weighted by molar-refractivity contribution is 5.93. The maximum absolute atomic E-state index is 12.9. The molecule has 0 aliphatic heterocycles. The van der Waals surface area contributed by atoms with Gasteiger partial charge in [-0.25, -0.2) is 9.48 Å². The molecule has 1 heterocycles. The zero-order chi connectivity index (χ0) is 14.8. The maximum atomic E-state index is 12.9. The van der Waals surface area contributed by atoms with Crippen LogP contribution in [0.3, 0.4) is 0 Å². The van der Waals surface area contributed by atoms with Crippen molar-refractivity contribution in [2.45, 2.75) is 13.1 Å². The van der Waals surface area contributed by atoms with Gasteiger partial charge in [0.15, 0.2) is 0 Å². The van der Waals surface area contributed by atoms with Crippen LogP contribution in [-0.2, 0) is 10.9 Å². The number of carbonyl (C=O) groups excluding carboxylic acids is 1. The topological polar surface area (TPSA) is 44.1 Å². The number of alkyl halides is 3. The van der Waals surface area contributed by atoms with E-state index in [1.165, 1.54) is 18.2 Å². The molecule has 4 nitrogen and oxygen atoms in total. The SMILES string of the molecule is CCOC(=O)c1ccccc1-n1nccc1C(F)(F)F. The summed E-state index contributed by atoms with van der Waals surface area (Å²) in [5.74, 6) is -0.688. The van der Waals surface area contributed by atoms with Crippen LogP contribution in [0.2, 0.25) is 0 Å². The first kappa shape index (κ1) is 14.1. The van der Waals surface area contributed by atoms with E-state index in [2.05, 4.69) is 5.10 Å². The van der Waals surface area contributed by atoms with E-state index in [1.807, 2.05) is 0 Å². The molecule has 2 rings (SSSR count). The van der Waals surface area contributed by atoms with E-state index in [4.69, 9.17) is 4.74 Å². The lowest BCUT2D eigenvalue weighted by molar-refractivity contribution is -0.142. The fourth-order valence-corrected chi connectivity index (χ4v) is 1.75. The largest absolute Gasteiger partial charge is 0.462 e. The first-order valence-electron chi connectivity index (χ1n) is 5.83. The molecule has 0 saturated heterocycles. The molecule has 0 N–H and O–H groups in total. The predicted octanol–water partition coefficient (Wildman–Crippen LogP) is 3.07. The zero-order valence-corrected chi connectivity index (χ0v) is 10.5. The van der Waals surface area contributed by atoms with E-state index in [9.17, 15) is 18.0 Å². The average Bonchev–Trinajstić information content (AvgIpc) is 2.88. The number of carbonyl (C=O) groups is 1. The molecule has 1 aromatic carbocycles. The second-order valence-electron chi connectivity index (χ2n) is 3.86. The molecular formula is C13H11F3N2O2. The molecule has 0 aliphatic rings. The molecule has 0 unspecified atom stereocenters. The molecule has 106 valence electrons. The molecule has 1 aromatic heterocycles. The van der Waals surface area contributed by atoms with Gasteiger partial charge in [0.05, 0.1) is 24.1 Å². The van der Waals surface area contributed by atoms with Gasteiger partial charge in [-0.3, -0.25) is 0 Å². The predicted molar refractivity (Wildman–Crippen MR) is 64.5 cm³/mol. The van der Waals surface area contributed by atoms with Gasteiger partial charge in [0.2, 0.25) is 0 Å². The Labute approximate surface area is 112 Å². The third kappa shape index (κ3) is 2.66. The van der Waals surface area contributed by atoms with Crippen LogP contribution in [0.25, 0.3) is 5.69 Å². The van der Waals surface area contributed by atoms with Crippen LogP contribution in [0.1, 0.15) is 23.0 Å².